The van der Waals surface area contributed by atoms with Gasteiger partial charge in [0.05, 0.1) is 10.7 Å². The van der Waals surface area contributed by atoms with Crippen LogP contribution in [0, 0.1) is 0 Å². The SMILES string of the molecule is Nc1cccc(Cl)c1S(=O)(=O)N(Cc1ccsc1)C1CC1. The van der Waals surface area contributed by atoms with Gasteiger partial charge in [-0.3, -0.25) is 0 Å². The zero-order valence-electron chi connectivity index (χ0n) is 11.2. The van der Waals surface area contributed by atoms with Gasteiger partial charge in [-0.15, -0.1) is 0 Å². The molecule has 1 aliphatic rings. The van der Waals surface area contributed by atoms with Crippen molar-refractivity contribution in [2.75, 3.05) is 5.73 Å². The summed E-state index contributed by atoms with van der Waals surface area (Å²) in [6.07, 6.45) is 1.77. The summed E-state index contributed by atoms with van der Waals surface area (Å²) in [5, 5.41) is 4.07. The highest BCUT2D eigenvalue weighted by Gasteiger charge is 2.39. The first kappa shape index (κ1) is 14.8. The molecule has 0 spiro atoms. The summed E-state index contributed by atoms with van der Waals surface area (Å²) in [5.41, 5.74) is 7.03. The molecule has 1 saturated carbocycles. The number of nitrogens with zero attached hydrogens (tertiary/aromatic N) is 1. The molecule has 112 valence electrons. The maximum Gasteiger partial charge on any atom is 0.247 e. The molecular formula is C14H15ClN2O2S2. The van der Waals surface area contributed by atoms with E-state index in [4.69, 9.17) is 17.3 Å². The van der Waals surface area contributed by atoms with Crippen LogP contribution in [0.15, 0.2) is 39.9 Å². The Hall–Kier alpha value is -1.08. The van der Waals surface area contributed by atoms with Crippen LogP contribution in [-0.2, 0) is 16.6 Å². The Balaban J connectivity index is 2.01. The molecule has 2 aromatic rings. The minimum absolute atomic E-state index is 0.0220. The van der Waals surface area contributed by atoms with Crippen LogP contribution in [0.25, 0.3) is 0 Å². The molecule has 7 heteroatoms. The molecule has 0 amide bonds. The first-order valence-electron chi connectivity index (χ1n) is 6.57. The van der Waals surface area contributed by atoms with Gasteiger partial charge < -0.3 is 5.73 Å². The number of nitrogen functional groups attached to an aromatic ring is 1. The standard InChI is InChI=1S/C14H15ClN2O2S2/c15-12-2-1-3-13(16)14(12)21(18,19)17(11-4-5-11)8-10-6-7-20-9-10/h1-3,6-7,9,11H,4-5,8,16H2. The summed E-state index contributed by atoms with van der Waals surface area (Å²) in [5.74, 6) is 0. The number of sulfonamides is 1. The Morgan fingerprint density at radius 2 is 2.10 bits per heavy atom. The van der Waals surface area contributed by atoms with E-state index in [0.29, 0.717) is 6.54 Å². The van der Waals surface area contributed by atoms with Crippen LogP contribution in [-0.4, -0.2) is 18.8 Å². The number of nitrogens with two attached hydrogens (primary N) is 1. The van der Waals surface area contributed by atoms with Crippen molar-refractivity contribution in [2.45, 2.75) is 30.3 Å². The summed E-state index contributed by atoms with van der Waals surface area (Å²) < 4.78 is 27.4. The number of anilines is 1. The molecular weight excluding hydrogens is 328 g/mol. The average Bonchev–Trinajstić information content (AvgIpc) is 3.11. The van der Waals surface area contributed by atoms with Crippen molar-refractivity contribution in [1.29, 1.82) is 0 Å². The van der Waals surface area contributed by atoms with Crippen LogP contribution in [0.4, 0.5) is 5.69 Å². The Morgan fingerprint density at radius 1 is 1.33 bits per heavy atom. The molecule has 0 unspecified atom stereocenters. The van der Waals surface area contributed by atoms with E-state index in [9.17, 15) is 8.42 Å². The van der Waals surface area contributed by atoms with Crippen LogP contribution in [0.5, 0.6) is 0 Å². The van der Waals surface area contributed by atoms with Gasteiger partial charge in [0.1, 0.15) is 4.90 Å². The number of benzene rings is 1. The van der Waals surface area contributed by atoms with E-state index < -0.39 is 10.0 Å². The average molecular weight is 343 g/mol. The number of hydrogen-bond acceptors (Lipinski definition) is 4. The zero-order valence-corrected chi connectivity index (χ0v) is 13.6. The van der Waals surface area contributed by atoms with E-state index in [1.54, 1.807) is 29.5 Å². The van der Waals surface area contributed by atoms with Crippen LogP contribution in [0.1, 0.15) is 18.4 Å². The van der Waals surface area contributed by atoms with Gasteiger partial charge in [0.15, 0.2) is 0 Å². The van der Waals surface area contributed by atoms with E-state index in [2.05, 4.69) is 0 Å². The van der Waals surface area contributed by atoms with Crippen molar-refractivity contribution in [3.8, 4) is 0 Å². The monoisotopic (exact) mass is 342 g/mol. The lowest BCUT2D eigenvalue weighted by Gasteiger charge is -2.23. The van der Waals surface area contributed by atoms with Crippen LogP contribution >= 0.6 is 22.9 Å². The van der Waals surface area contributed by atoms with Crippen molar-refractivity contribution in [2.24, 2.45) is 0 Å². The minimum atomic E-state index is -3.69. The molecule has 1 aromatic heterocycles. The van der Waals surface area contributed by atoms with E-state index in [0.717, 1.165) is 18.4 Å². The summed E-state index contributed by atoms with van der Waals surface area (Å²) in [6.45, 7) is 0.362. The molecule has 0 radical (unpaired) electrons. The van der Waals surface area contributed by atoms with Gasteiger partial charge in [-0.2, -0.15) is 15.6 Å². The van der Waals surface area contributed by atoms with Gasteiger partial charge >= 0.3 is 0 Å². The molecule has 0 bridgehead atoms. The van der Waals surface area contributed by atoms with E-state index in [1.165, 1.54) is 4.31 Å². The lowest BCUT2D eigenvalue weighted by molar-refractivity contribution is 0.399. The van der Waals surface area contributed by atoms with Crippen LogP contribution in [0.2, 0.25) is 5.02 Å². The van der Waals surface area contributed by atoms with Gasteiger partial charge in [0.25, 0.3) is 0 Å². The Bertz CT molecular complexity index is 720. The highest BCUT2D eigenvalue weighted by Crippen LogP contribution is 2.37. The van der Waals surface area contributed by atoms with Crippen molar-refractivity contribution in [3.05, 3.63) is 45.6 Å². The van der Waals surface area contributed by atoms with E-state index >= 15 is 0 Å². The van der Waals surface area contributed by atoms with Crippen molar-refractivity contribution < 1.29 is 8.42 Å². The number of hydrogen-bond donors (Lipinski definition) is 1. The number of thiophene rings is 1. The predicted molar refractivity (Wildman–Crippen MR) is 85.9 cm³/mol. The quantitative estimate of drug-likeness (QED) is 0.847. The minimum Gasteiger partial charge on any atom is -0.398 e. The topological polar surface area (TPSA) is 63.4 Å². The third kappa shape index (κ3) is 2.94. The number of rotatable bonds is 5. The lowest BCUT2D eigenvalue weighted by atomic mass is 10.3. The maximum atomic E-state index is 12.9. The van der Waals surface area contributed by atoms with Gasteiger partial charge in [-0.05, 0) is 47.4 Å². The van der Waals surface area contributed by atoms with Gasteiger partial charge in [0, 0.05) is 12.6 Å². The van der Waals surface area contributed by atoms with Crippen LogP contribution < -0.4 is 5.73 Å². The second-order valence-electron chi connectivity index (χ2n) is 5.07. The van der Waals surface area contributed by atoms with Crippen molar-refractivity contribution in [1.82, 2.24) is 4.31 Å². The Labute approximate surface area is 133 Å². The molecule has 21 heavy (non-hydrogen) atoms. The Morgan fingerprint density at radius 3 is 2.67 bits per heavy atom. The third-order valence-electron chi connectivity index (χ3n) is 3.44. The second kappa shape index (κ2) is 5.61. The van der Waals surface area contributed by atoms with Crippen molar-refractivity contribution in [3.63, 3.8) is 0 Å². The number of halogens is 1. The molecule has 1 aliphatic carbocycles. The largest absolute Gasteiger partial charge is 0.398 e. The highest BCUT2D eigenvalue weighted by atomic mass is 35.5. The predicted octanol–water partition coefficient (Wildman–Crippen LogP) is 3.34. The van der Waals surface area contributed by atoms with E-state index in [-0.39, 0.29) is 21.6 Å². The summed E-state index contributed by atoms with van der Waals surface area (Å²) >= 11 is 7.64. The van der Waals surface area contributed by atoms with Crippen LogP contribution in [0.3, 0.4) is 0 Å². The smallest absolute Gasteiger partial charge is 0.247 e. The fourth-order valence-corrected chi connectivity index (χ4v) is 5.22. The molecule has 1 fully saturated rings. The molecule has 0 aliphatic heterocycles. The first-order valence-corrected chi connectivity index (χ1v) is 9.33. The van der Waals surface area contributed by atoms with E-state index in [1.807, 2.05) is 16.8 Å². The van der Waals surface area contributed by atoms with Gasteiger partial charge in [0.2, 0.25) is 10.0 Å². The maximum absolute atomic E-state index is 12.9. The van der Waals surface area contributed by atoms with Gasteiger partial charge in [-0.25, -0.2) is 8.42 Å². The summed E-state index contributed by atoms with van der Waals surface area (Å²) in [6, 6.07) is 6.75. The van der Waals surface area contributed by atoms with Crippen molar-refractivity contribution >= 4 is 38.6 Å². The first-order chi connectivity index (χ1) is 10.00. The molecule has 2 N–H and O–H groups in total. The molecule has 0 saturated heterocycles. The summed E-state index contributed by atoms with van der Waals surface area (Å²) in [7, 11) is -3.69. The molecule has 1 aromatic carbocycles. The summed E-state index contributed by atoms with van der Waals surface area (Å²) in [4.78, 5) is 0.0220. The zero-order chi connectivity index (χ0) is 15.0. The normalized spacial score (nSPS) is 15.5. The third-order valence-corrected chi connectivity index (χ3v) is 6.61. The lowest BCUT2D eigenvalue weighted by Crippen LogP contribution is -2.33. The fourth-order valence-electron chi connectivity index (χ4n) is 2.25. The Kier molecular flexibility index (Phi) is 3.96. The molecule has 4 nitrogen and oxygen atoms in total. The molecule has 1 heterocycles. The highest BCUT2D eigenvalue weighted by molar-refractivity contribution is 7.89. The second-order valence-corrected chi connectivity index (χ2v) is 8.09. The molecule has 3 rings (SSSR count). The molecule has 0 atom stereocenters. The van der Waals surface area contributed by atoms with Gasteiger partial charge in [-0.1, -0.05) is 17.7 Å². The fraction of sp³-hybridized carbons (Fsp3) is 0.286.